The van der Waals surface area contributed by atoms with Crippen LogP contribution in [0.25, 0.3) is 0 Å². The monoisotopic (exact) mass is 230 g/mol. The minimum atomic E-state index is 0.102. The van der Waals surface area contributed by atoms with Gasteiger partial charge in [-0.2, -0.15) is 0 Å². The lowest BCUT2D eigenvalue weighted by molar-refractivity contribution is 1.79. The van der Waals surface area contributed by atoms with Gasteiger partial charge in [-0.3, -0.25) is 0 Å². The zero-order valence-corrected chi connectivity index (χ0v) is 9.01. The molecular weight excluding hydrogens is 224 g/mol. The van der Waals surface area contributed by atoms with Crippen LogP contribution in [0.2, 0.25) is 0 Å². The number of thiocarbonyl (C=S) groups is 3. The third-order valence-corrected chi connectivity index (χ3v) is 0.812. The van der Waals surface area contributed by atoms with E-state index in [2.05, 4.69) is 61.9 Å². The summed E-state index contributed by atoms with van der Waals surface area (Å²) in [6.07, 6.45) is 0. The fourth-order valence-electron chi connectivity index (χ4n) is 0. The topological polar surface area (TPSA) is 52.0 Å². The van der Waals surface area contributed by atoms with Crippen molar-refractivity contribution < 1.29 is 0 Å². The van der Waals surface area contributed by atoms with E-state index >= 15 is 0 Å². The second-order valence-electron chi connectivity index (χ2n) is 1.01. The van der Waals surface area contributed by atoms with Crippen molar-refractivity contribution in [1.82, 2.24) is 0 Å². The zero-order valence-electron chi connectivity index (χ0n) is 4.77. The maximum atomic E-state index is 4.90. The molecule has 0 amide bonds. The Hall–Kier alpha value is 0.570. The lowest BCUT2D eigenvalue weighted by Gasteiger charge is -1.84. The Balaban J connectivity index is 0. The van der Waals surface area contributed by atoms with Crippen molar-refractivity contribution in [1.29, 1.82) is 0 Å². The van der Waals surface area contributed by atoms with E-state index in [4.69, 9.17) is 11.5 Å². The second-order valence-corrected chi connectivity index (χ2v) is 4.15. The Morgan fingerprint density at radius 3 is 1.00 bits per heavy atom. The van der Waals surface area contributed by atoms with Gasteiger partial charge in [-0.25, -0.2) is 0 Å². The van der Waals surface area contributed by atoms with Gasteiger partial charge in [0.05, 0.1) is 3.53 Å². The Bertz CT molecular complexity index is 137. The first-order valence-corrected chi connectivity index (χ1v) is 4.01. The van der Waals surface area contributed by atoms with Crippen molar-refractivity contribution >= 4 is 75.4 Å². The van der Waals surface area contributed by atoms with Gasteiger partial charge in [0.1, 0.15) is 9.98 Å². The first-order valence-electron chi connectivity index (χ1n) is 1.89. The summed E-state index contributed by atoms with van der Waals surface area (Å²) in [6.45, 7) is 0. The van der Waals surface area contributed by atoms with Crippen LogP contribution in [0, 0.1) is 0 Å². The molecule has 0 atom stereocenters. The van der Waals surface area contributed by atoms with Crippen molar-refractivity contribution in [2.75, 3.05) is 0 Å². The van der Waals surface area contributed by atoms with E-state index in [9.17, 15) is 0 Å². The summed E-state index contributed by atoms with van der Waals surface area (Å²) < 4.78 is 0.389. The molecule has 58 valence electrons. The van der Waals surface area contributed by atoms with Crippen LogP contribution in [0.5, 0.6) is 0 Å². The normalized spacial score (nSPS) is 7.00. The molecule has 0 aliphatic carbocycles. The van der Waals surface area contributed by atoms with Crippen molar-refractivity contribution in [3.8, 4) is 0 Å². The summed E-state index contributed by atoms with van der Waals surface area (Å²) in [6, 6.07) is 0. The molecule has 0 aromatic carbocycles. The van der Waals surface area contributed by atoms with Crippen LogP contribution in [0.15, 0.2) is 0 Å². The van der Waals surface area contributed by atoms with Crippen LogP contribution in [0.1, 0.15) is 0 Å². The second kappa shape index (κ2) is 7.67. The first kappa shape index (κ1) is 13.2. The predicted octanol–water partition coefficient (Wildman–Crippen LogP) is 0.690. The summed E-state index contributed by atoms with van der Waals surface area (Å²) >= 11 is 20.1. The summed E-state index contributed by atoms with van der Waals surface area (Å²) in [4.78, 5) is 0.204. The van der Waals surface area contributed by atoms with Crippen molar-refractivity contribution in [2.45, 2.75) is 0 Å². The first-order chi connectivity index (χ1) is 4.37. The number of hydrogen-bond donors (Lipinski definition) is 4. The highest BCUT2D eigenvalue weighted by molar-refractivity contribution is 8.34. The molecule has 0 aromatic heterocycles. The Morgan fingerprint density at radius 1 is 0.900 bits per heavy atom. The van der Waals surface area contributed by atoms with Gasteiger partial charge in [0.2, 0.25) is 0 Å². The van der Waals surface area contributed by atoms with Crippen molar-refractivity contribution in [3.05, 3.63) is 0 Å². The predicted molar refractivity (Wildman–Crippen MR) is 64.1 cm³/mol. The fourth-order valence-corrected chi connectivity index (χ4v) is 0. The zero-order chi connectivity index (χ0) is 8.73. The molecule has 2 nitrogen and oxygen atoms in total. The van der Waals surface area contributed by atoms with Crippen LogP contribution in [0.4, 0.5) is 0 Å². The van der Waals surface area contributed by atoms with E-state index in [0.29, 0.717) is 3.53 Å². The van der Waals surface area contributed by atoms with E-state index in [-0.39, 0.29) is 9.98 Å². The summed E-state index contributed by atoms with van der Waals surface area (Å²) in [5.74, 6) is 0. The van der Waals surface area contributed by atoms with E-state index in [1.807, 2.05) is 0 Å². The fraction of sp³-hybridized carbons (Fsp3) is 0. The van der Waals surface area contributed by atoms with Crippen LogP contribution < -0.4 is 11.5 Å². The number of hydrogen-bond acceptors (Lipinski definition) is 3. The van der Waals surface area contributed by atoms with Gasteiger partial charge in [-0.1, -0.05) is 36.7 Å². The summed E-state index contributed by atoms with van der Waals surface area (Å²) in [5.41, 5.74) is 9.80. The minimum Gasteiger partial charge on any atom is -0.388 e. The van der Waals surface area contributed by atoms with Crippen LogP contribution >= 0.6 is 61.9 Å². The van der Waals surface area contributed by atoms with E-state index < -0.39 is 0 Å². The minimum absolute atomic E-state index is 0.102. The molecule has 0 rings (SSSR count). The van der Waals surface area contributed by atoms with E-state index in [1.165, 1.54) is 0 Å². The number of nitrogens with two attached hydrogens (primary N) is 2. The molecule has 7 heteroatoms. The van der Waals surface area contributed by atoms with Crippen molar-refractivity contribution in [2.24, 2.45) is 11.5 Å². The van der Waals surface area contributed by atoms with Gasteiger partial charge >= 0.3 is 0 Å². The third kappa shape index (κ3) is 23.5. The Morgan fingerprint density at radius 2 is 1.00 bits per heavy atom. The molecule has 0 spiro atoms. The number of thiol groups is 2. The van der Waals surface area contributed by atoms with Crippen molar-refractivity contribution in [3.63, 3.8) is 0 Å². The molecule has 0 radical (unpaired) electrons. The molecule has 0 fully saturated rings. The largest absolute Gasteiger partial charge is 0.388 e. The molecule has 0 unspecified atom stereocenters. The molecule has 0 aromatic rings. The van der Waals surface area contributed by atoms with Gasteiger partial charge in [0.15, 0.2) is 0 Å². The average Bonchev–Trinajstić information content (AvgIpc) is 1.63. The highest BCUT2D eigenvalue weighted by Gasteiger charge is 1.84. The Kier molecular flexibility index (Phi) is 10.1. The molecule has 0 bridgehead atoms. The average molecular weight is 230 g/mol. The maximum Gasteiger partial charge on any atom is 0.131 e. The third-order valence-electron chi connectivity index (χ3n) is 0.243. The highest BCUT2D eigenvalue weighted by Crippen LogP contribution is 1.83. The SMILES string of the molecule is NC(=S)C(N)=S.S=C(S)S. The van der Waals surface area contributed by atoms with Crippen LogP contribution in [-0.2, 0) is 0 Å². The van der Waals surface area contributed by atoms with Crippen LogP contribution in [0.3, 0.4) is 0 Å². The quantitative estimate of drug-likeness (QED) is 0.364. The molecule has 0 saturated heterocycles. The Labute approximate surface area is 86.5 Å². The lowest BCUT2D eigenvalue weighted by Crippen LogP contribution is -2.26. The summed E-state index contributed by atoms with van der Waals surface area (Å²) in [7, 11) is 0. The molecule has 0 aliphatic heterocycles. The molecule has 0 aliphatic rings. The van der Waals surface area contributed by atoms with Gasteiger partial charge in [0, 0.05) is 0 Å². The van der Waals surface area contributed by atoms with Gasteiger partial charge in [-0.05, 0) is 0 Å². The molecule has 10 heavy (non-hydrogen) atoms. The smallest absolute Gasteiger partial charge is 0.131 e. The molecular formula is C3H6N2S5. The van der Waals surface area contributed by atoms with Gasteiger partial charge in [-0.15, -0.1) is 25.3 Å². The number of rotatable bonds is 0. The van der Waals surface area contributed by atoms with Gasteiger partial charge < -0.3 is 11.5 Å². The summed E-state index contributed by atoms with van der Waals surface area (Å²) in [5, 5.41) is 0. The van der Waals surface area contributed by atoms with E-state index in [1.54, 1.807) is 0 Å². The molecule has 0 saturated carbocycles. The highest BCUT2D eigenvalue weighted by atomic mass is 32.2. The lowest BCUT2D eigenvalue weighted by atomic mass is 10.7. The maximum absolute atomic E-state index is 4.90. The molecule has 0 heterocycles. The van der Waals surface area contributed by atoms with E-state index in [0.717, 1.165) is 0 Å². The van der Waals surface area contributed by atoms with Crippen LogP contribution in [-0.4, -0.2) is 13.5 Å². The standard InChI is InChI=1S/C2H4N2S2.CH2S3/c3-1(5)2(4)6;2-1(3)4/h(H2,3,5)(H2,4,6);(H2,2,3,4). The molecule has 4 N–H and O–H groups in total. The van der Waals surface area contributed by atoms with Gasteiger partial charge in [0.25, 0.3) is 0 Å².